The molecular formula is C46H52N8O8. The van der Waals surface area contributed by atoms with Crippen LogP contribution in [-0.4, -0.2) is 104 Å². The van der Waals surface area contributed by atoms with Gasteiger partial charge in [0.05, 0.1) is 35.9 Å². The standard InChI is InChI=1S/C46H52N8O8/c47-45(57)61-39(29-11-15-59-16-12-29)43(55)53-35-19-31(35)21-37(53)41-49-23-33(51-41)27-7-3-25(4-8-27)1-2-26-5-9-28(10-6-26)34-24-50-42(52-34)38-22-32-20-36(32)54(38)44(56)40(62-46(48)58)30-13-17-60-18-14-30/h1-10,23-24,29-32,35-40H,11-22H2,(H2,47,57)(H2,48,58)(H,49,51)(H,50,52)/b2-1+/t31-,32-,35-,36-,37+,38+,39+,40+/m1/s1. The second-order valence-electron chi connectivity index (χ2n) is 17.7. The summed E-state index contributed by atoms with van der Waals surface area (Å²) in [7, 11) is 0. The molecule has 4 aliphatic heterocycles. The Morgan fingerprint density at radius 2 is 1.00 bits per heavy atom. The molecule has 8 atom stereocenters. The number of H-pyrrole nitrogens is 2. The first kappa shape index (κ1) is 40.1. The molecule has 2 aromatic heterocycles. The third kappa shape index (κ3) is 8.08. The maximum atomic E-state index is 14.0. The van der Waals surface area contributed by atoms with Crippen molar-refractivity contribution in [3.8, 4) is 22.5 Å². The van der Waals surface area contributed by atoms with Crippen molar-refractivity contribution in [2.24, 2.45) is 35.1 Å². The largest absolute Gasteiger partial charge is 0.436 e. The highest BCUT2D eigenvalue weighted by Gasteiger charge is 2.58. The van der Waals surface area contributed by atoms with Gasteiger partial charge in [-0.2, -0.15) is 0 Å². The predicted molar refractivity (Wildman–Crippen MR) is 225 cm³/mol. The van der Waals surface area contributed by atoms with Crippen LogP contribution >= 0.6 is 0 Å². The first-order chi connectivity index (χ1) is 30.2. The van der Waals surface area contributed by atoms with Crippen molar-refractivity contribution >= 4 is 36.2 Å². The summed E-state index contributed by atoms with van der Waals surface area (Å²) < 4.78 is 21.9. The summed E-state index contributed by atoms with van der Waals surface area (Å²) in [6.45, 7) is 2.09. The fourth-order valence-corrected chi connectivity index (χ4v) is 10.4. The quantitative estimate of drug-likeness (QED) is 0.127. The van der Waals surface area contributed by atoms with Gasteiger partial charge in [-0.05, 0) is 85.5 Å². The zero-order valence-corrected chi connectivity index (χ0v) is 34.4. The molecule has 4 amide bonds. The van der Waals surface area contributed by atoms with Crippen LogP contribution in [0, 0.1) is 23.7 Å². The molecule has 324 valence electrons. The number of nitrogens with one attached hydrogen (secondary N) is 2. The zero-order valence-electron chi connectivity index (χ0n) is 34.4. The Bertz CT molecular complexity index is 2170. The number of carbonyl (C=O) groups excluding carboxylic acids is 4. The van der Waals surface area contributed by atoms with Crippen molar-refractivity contribution < 1.29 is 38.1 Å². The number of piperidine rings is 2. The van der Waals surface area contributed by atoms with Gasteiger partial charge in [-0.1, -0.05) is 60.7 Å². The molecule has 0 bridgehead atoms. The number of primary amides is 2. The Hall–Kier alpha value is -6.00. The normalized spacial score (nSPS) is 26.8. The molecule has 16 heteroatoms. The van der Waals surface area contributed by atoms with Gasteiger partial charge in [0.1, 0.15) is 11.6 Å². The second-order valence-corrected chi connectivity index (χ2v) is 17.7. The van der Waals surface area contributed by atoms with E-state index in [9.17, 15) is 19.2 Å². The molecule has 0 unspecified atom stereocenters. The first-order valence-electron chi connectivity index (χ1n) is 21.9. The average Bonchev–Trinajstić information content (AvgIpc) is 3.87. The first-order valence-corrected chi connectivity index (χ1v) is 21.9. The van der Waals surface area contributed by atoms with Gasteiger partial charge in [0.15, 0.2) is 12.2 Å². The summed E-state index contributed by atoms with van der Waals surface area (Å²) >= 11 is 0. The van der Waals surface area contributed by atoms with E-state index in [-0.39, 0.29) is 47.8 Å². The average molecular weight is 845 g/mol. The number of fused-ring (bicyclic) bond motifs is 2. The van der Waals surface area contributed by atoms with Crippen LogP contribution in [0.3, 0.4) is 0 Å². The van der Waals surface area contributed by atoms with Gasteiger partial charge in [0.2, 0.25) is 0 Å². The summed E-state index contributed by atoms with van der Waals surface area (Å²) in [5.74, 6) is 1.61. The van der Waals surface area contributed by atoms with Crippen LogP contribution in [0.1, 0.15) is 86.2 Å². The SMILES string of the molecule is NC(=O)O[C@H](C(=O)N1[C@@H]2C[C@@H]2C[C@H]1c1ncc(-c2ccc(/C=C/c3ccc(-c4cnc([C@@H]5C[C@H]6C[C@H]6N5C(=O)[C@@H](OC(N)=O)C5CCOCC5)[nH]4)cc3)cc2)[nH]1)C1CCOCC1. The summed E-state index contributed by atoms with van der Waals surface area (Å²) in [5.41, 5.74) is 16.6. The van der Waals surface area contributed by atoms with E-state index >= 15 is 0 Å². The number of nitrogens with two attached hydrogens (primary N) is 2. The summed E-state index contributed by atoms with van der Waals surface area (Å²) in [6, 6.07) is 16.2. The Kier molecular flexibility index (Phi) is 10.8. The lowest BCUT2D eigenvalue weighted by molar-refractivity contribution is -0.148. The number of hydrogen-bond donors (Lipinski definition) is 4. The number of amides is 4. The highest BCUT2D eigenvalue weighted by atomic mass is 16.6. The molecule has 2 saturated carbocycles. The minimum Gasteiger partial charge on any atom is -0.436 e. The maximum Gasteiger partial charge on any atom is 0.405 e. The Balaban J connectivity index is 0.773. The number of carbonyl (C=O) groups is 4. The van der Waals surface area contributed by atoms with Crippen LogP contribution in [0.5, 0.6) is 0 Å². The van der Waals surface area contributed by atoms with E-state index in [0.717, 1.165) is 71.0 Å². The minimum atomic E-state index is -0.939. The molecule has 6 heterocycles. The number of benzene rings is 2. The molecule has 6 aliphatic rings. The molecule has 16 nitrogen and oxygen atoms in total. The highest BCUT2D eigenvalue weighted by Crippen LogP contribution is 2.55. The zero-order chi connectivity index (χ0) is 42.5. The van der Waals surface area contributed by atoms with Gasteiger partial charge in [0, 0.05) is 50.3 Å². The van der Waals surface area contributed by atoms with E-state index < -0.39 is 24.4 Å². The van der Waals surface area contributed by atoms with E-state index in [1.54, 1.807) is 0 Å². The molecule has 2 aromatic carbocycles. The van der Waals surface area contributed by atoms with Crippen LogP contribution in [0.15, 0.2) is 60.9 Å². The van der Waals surface area contributed by atoms with Gasteiger partial charge >= 0.3 is 12.2 Å². The lowest BCUT2D eigenvalue weighted by atomic mass is 9.92. The van der Waals surface area contributed by atoms with Gasteiger partial charge < -0.3 is 50.2 Å². The van der Waals surface area contributed by atoms with Crippen molar-refractivity contribution in [1.82, 2.24) is 29.7 Å². The van der Waals surface area contributed by atoms with Gasteiger partial charge in [-0.15, -0.1) is 0 Å². The van der Waals surface area contributed by atoms with E-state index in [1.807, 2.05) is 46.5 Å². The molecule has 6 N–H and O–H groups in total. The van der Waals surface area contributed by atoms with Crippen LogP contribution in [-0.2, 0) is 28.5 Å². The number of hydrogen-bond acceptors (Lipinski definition) is 10. The molecule has 10 rings (SSSR count). The number of rotatable bonds is 12. The topological polar surface area (TPSA) is 221 Å². The van der Waals surface area contributed by atoms with Crippen molar-refractivity contribution in [1.29, 1.82) is 0 Å². The summed E-state index contributed by atoms with van der Waals surface area (Å²) in [5, 5.41) is 0. The second kappa shape index (κ2) is 16.7. The van der Waals surface area contributed by atoms with Crippen molar-refractivity contribution in [3.63, 3.8) is 0 Å². The van der Waals surface area contributed by atoms with Crippen molar-refractivity contribution in [2.45, 2.75) is 87.7 Å². The lowest BCUT2D eigenvalue weighted by Crippen LogP contribution is -2.48. The van der Waals surface area contributed by atoms with Crippen molar-refractivity contribution in [2.75, 3.05) is 26.4 Å². The molecule has 2 aliphatic carbocycles. The maximum absolute atomic E-state index is 14.0. The summed E-state index contributed by atoms with van der Waals surface area (Å²) in [4.78, 5) is 71.9. The molecule has 0 radical (unpaired) electrons. The van der Waals surface area contributed by atoms with E-state index in [0.29, 0.717) is 63.9 Å². The molecular weight excluding hydrogens is 793 g/mol. The smallest absolute Gasteiger partial charge is 0.405 e. The summed E-state index contributed by atoms with van der Waals surface area (Å²) in [6.07, 6.45) is 10.1. The molecule has 4 aromatic rings. The fourth-order valence-electron chi connectivity index (χ4n) is 10.4. The van der Waals surface area contributed by atoms with Crippen LogP contribution < -0.4 is 11.5 Å². The van der Waals surface area contributed by atoms with Gasteiger partial charge in [0.25, 0.3) is 11.8 Å². The molecule has 6 fully saturated rings. The number of aromatic amines is 2. The Morgan fingerprint density at radius 3 is 1.37 bits per heavy atom. The molecule has 0 spiro atoms. The Morgan fingerprint density at radius 1 is 0.613 bits per heavy atom. The third-order valence-corrected chi connectivity index (χ3v) is 13.8. The number of nitrogens with zero attached hydrogens (tertiary/aromatic N) is 4. The van der Waals surface area contributed by atoms with E-state index in [1.165, 1.54) is 0 Å². The van der Waals surface area contributed by atoms with Crippen LogP contribution in [0.25, 0.3) is 34.7 Å². The third-order valence-electron chi connectivity index (χ3n) is 13.8. The monoisotopic (exact) mass is 844 g/mol. The highest BCUT2D eigenvalue weighted by molar-refractivity contribution is 5.86. The minimum absolute atomic E-state index is 0.117. The Labute approximate surface area is 358 Å². The fraction of sp³-hybridized carbons (Fsp3) is 0.478. The molecule has 4 saturated heterocycles. The van der Waals surface area contributed by atoms with Gasteiger partial charge in [-0.25, -0.2) is 19.6 Å². The van der Waals surface area contributed by atoms with Gasteiger partial charge in [-0.3, -0.25) is 9.59 Å². The predicted octanol–water partition coefficient (Wildman–Crippen LogP) is 5.74. The van der Waals surface area contributed by atoms with Crippen LogP contribution in [0.4, 0.5) is 9.59 Å². The molecule has 62 heavy (non-hydrogen) atoms. The number of imidazole rings is 2. The number of ether oxygens (including phenoxy) is 4. The number of aromatic nitrogens is 4. The lowest BCUT2D eigenvalue weighted by Gasteiger charge is -2.34. The van der Waals surface area contributed by atoms with Crippen molar-refractivity contribution in [3.05, 3.63) is 83.7 Å². The van der Waals surface area contributed by atoms with E-state index in [4.69, 9.17) is 40.4 Å². The van der Waals surface area contributed by atoms with Crippen LogP contribution in [0.2, 0.25) is 0 Å². The number of likely N-dealkylation sites (tertiary alicyclic amines) is 2. The van der Waals surface area contributed by atoms with E-state index in [2.05, 4.69) is 46.4 Å².